The minimum atomic E-state index is -4.64. The van der Waals surface area contributed by atoms with Gasteiger partial charge in [-0.3, -0.25) is 14.3 Å². The van der Waals surface area contributed by atoms with Crippen molar-refractivity contribution in [2.24, 2.45) is 12.8 Å². The topological polar surface area (TPSA) is 132 Å². The van der Waals surface area contributed by atoms with Gasteiger partial charge in [0.25, 0.3) is 5.91 Å². The number of nitrogens with one attached hydrogen (secondary N) is 2. The van der Waals surface area contributed by atoms with E-state index in [1.807, 2.05) is 0 Å². The van der Waals surface area contributed by atoms with E-state index in [9.17, 15) is 22.8 Å². The van der Waals surface area contributed by atoms with E-state index in [0.717, 1.165) is 24.3 Å². The van der Waals surface area contributed by atoms with Crippen molar-refractivity contribution in [2.75, 3.05) is 5.32 Å². The van der Waals surface area contributed by atoms with Crippen molar-refractivity contribution >= 4 is 23.3 Å². The highest BCUT2D eigenvalue weighted by atomic mass is 19.4. The molecule has 4 N–H and O–H groups in total. The second-order valence-corrected chi connectivity index (χ2v) is 8.29. The number of amides is 2. The van der Waals surface area contributed by atoms with Crippen LogP contribution >= 0.6 is 0 Å². The van der Waals surface area contributed by atoms with Crippen LogP contribution in [0.25, 0.3) is 16.9 Å². The molecule has 0 saturated heterocycles. The Labute approximate surface area is 214 Å². The number of aromatic nitrogens is 4. The molecule has 2 aromatic carbocycles. The maximum Gasteiger partial charge on any atom is 0.417 e. The van der Waals surface area contributed by atoms with E-state index in [2.05, 4.69) is 15.5 Å². The lowest BCUT2D eigenvalue weighted by Gasteiger charge is -2.14. The Kier molecular flexibility index (Phi) is 7.24. The van der Waals surface area contributed by atoms with Gasteiger partial charge in [-0.2, -0.15) is 23.4 Å². The molecule has 9 nitrogen and oxygen atoms in total. The minimum Gasteiger partial charge on any atom is -0.366 e. The number of nitrogens with two attached hydrogens (primary N) is 1. The zero-order valence-electron chi connectivity index (χ0n) is 20.0. The molecule has 0 saturated carbocycles. The zero-order valence-corrected chi connectivity index (χ0v) is 20.0. The van der Waals surface area contributed by atoms with Crippen molar-refractivity contribution in [2.45, 2.75) is 12.6 Å². The number of allylic oxidation sites excluding steroid dienone is 1. The van der Waals surface area contributed by atoms with Gasteiger partial charge in [0.15, 0.2) is 0 Å². The molecule has 0 radical (unpaired) electrons. The van der Waals surface area contributed by atoms with Crippen molar-refractivity contribution in [3.63, 3.8) is 0 Å². The van der Waals surface area contributed by atoms with Crippen molar-refractivity contribution < 1.29 is 22.8 Å². The maximum atomic E-state index is 13.7. The minimum absolute atomic E-state index is 0.0156. The first kappa shape index (κ1) is 26.1. The Morgan fingerprint density at radius 1 is 1.05 bits per heavy atom. The number of hydrogen-bond donors (Lipinski definition) is 3. The second kappa shape index (κ2) is 10.5. The predicted octanol–water partition coefficient (Wildman–Crippen LogP) is 4.15. The summed E-state index contributed by atoms with van der Waals surface area (Å²) >= 11 is 0. The number of hydrogen-bond acceptors (Lipinski definition) is 5. The quantitative estimate of drug-likeness (QED) is 0.237. The molecule has 0 atom stereocenters. The maximum absolute atomic E-state index is 13.7. The van der Waals surface area contributed by atoms with Crippen LogP contribution in [-0.2, 0) is 24.4 Å². The third kappa shape index (κ3) is 6.03. The van der Waals surface area contributed by atoms with Crippen LogP contribution < -0.4 is 11.1 Å². The summed E-state index contributed by atoms with van der Waals surface area (Å²) in [5.74, 6) is -1.12. The number of alkyl halides is 3. The van der Waals surface area contributed by atoms with Crippen LogP contribution in [0.4, 0.5) is 19.0 Å². The van der Waals surface area contributed by atoms with Crippen LogP contribution in [0, 0.1) is 5.41 Å². The monoisotopic (exact) mass is 521 g/mol. The van der Waals surface area contributed by atoms with E-state index in [-0.39, 0.29) is 34.8 Å². The molecule has 0 aliphatic rings. The number of carbonyl (C=O) groups excluding carboxylic acids is 2. The predicted molar refractivity (Wildman–Crippen MR) is 135 cm³/mol. The molecule has 2 aromatic heterocycles. The molecule has 194 valence electrons. The number of primary amides is 1. The van der Waals surface area contributed by atoms with E-state index in [4.69, 9.17) is 11.1 Å². The van der Waals surface area contributed by atoms with Crippen molar-refractivity contribution in [3.05, 3.63) is 95.8 Å². The Hall–Kier alpha value is -5.00. The summed E-state index contributed by atoms with van der Waals surface area (Å²) in [7, 11) is 1.58. The lowest BCUT2D eigenvalue weighted by molar-refractivity contribution is -0.137. The molecule has 2 amide bonds. The van der Waals surface area contributed by atoms with E-state index in [0.29, 0.717) is 11.4 Å². The first-order valence-corrected chi connectivity index (χ1v) is 11.2. The van der Waals surface area contributed by atoms with Gasteiger partial charge in [-0.05, 0) is 42.5 Å². The largest absolute Gasteiger partial charge is 0.417 e. The number of anilines is 1. The Morgan fingerprint density at radius 3 is 2.42 bits per heavy atom. The Balaban J connectivity index is 1.68. The molecule has 0 fully saturated rings. The third-order valence-electron chi connectivity index (χ3n) is 5.40. The highest BCUT2D eigenvalue weighted by Gasteiger charge is 2.34. The molecule has 0 bridgehead atoms. The van der Waals surface area contributed by atoms with Crippen LogP contribution in [0.3, 0.4) is 0 Å². The highest BCUT2D eigenvalue weighted by Crippen LogP contribution is 2.37. The Bertz CT molecular complexity index is 1540. The van der Waals surface area contributed by atoms with Crippen LogP contribution in [0.15, 0.2) is 79.0 Å². The van der Waals surface area contributed by atoms with E-state index in [1.165, 1.54) is 27.7 Å². The molecule has 0 unspecified atom stereocenters. The van der Waals surface area contributed by atoms with Crippen molar-refractivity contribution in [1.82, 2.24) is 19.6 Å². The average Bonchev–Trinajstić information content (AvgIpc) is 3.48. The number of aryl methyl sites for hydroxylation is 1. The molecule has 4 aromatic rings. The standard InChI is InChI=1S/C26H22F3N7O2/c1-35-12-11-22(34-35)20-13-16(7-9-21(20)26(27,28)29)25(38)32-24-15-18(14-17(30)8-10-23(31)37)33-36(24)19-5-3-2-4-6-19/h2-13,15,30H,14H2,1H3,(H2,31,37)(H,32,38)/b10-8-,30-17?. The van der Waals surface area contributed by atoms with Crippen LogP contribution in [0.2, 0.25) is 0 Å². The average molecular weight is 522 g/mol. The summed E-state index contributed by atoms with van der Waals surface area (Å²) in [6.07, 6.45) is -0.780. The van der Waals surface area contributed by atoms with Gasteiger partial charge in [0.2, 0.25) is 5.91 Å². The van der Waals surface area contributed by atoms with Gasteiger partial charge in [0.05, 0.1) is 22.6 Å². The van der Waals surface area contributed by atoms with Crippen molar-refractivity contribution in [3.8, 4) is 16.9 Å². The molecular formula is C26H22F3N7O2. The third-order valence-corrected chi connectivity index (χ3v) is 5.40. The molecule has 0 aliphatic carbocycles. The smallest absolute Gasteiger partial charge is 0.366 e. The molecule has 12 heteroatoms. The van der Waals surface area contributed by atoms with Gasteiger partial charge in [0.1, 0.15) is 5.82 Å². The number of nitrogens with zero attached hydrogens (tertiary/aromatic N) is 4. The first-order chi connectivity index (χ1) is 18.0. The summed E-state index contributed by atoms with van der Waals surface area (Å²) in [6, 6.07) is 14.9. The first-order valence-electron chi connectivity index (χ1n) is 11.2. The fraction of sp³-hybridized carbons (Fsp3) is 0.115. The normalized spacial score (nSPS) is 11.6. The van der Waals surface area contributed by atoms with Gasteiger partial charge in [-0.25, -0.2) is 4.68 Å². The second-order valence-electron chi connectivity index (χ2n) is 8.29. The number of carbonyl (C=O) groups is 2. The Morgan fingerprint density at radius 2 is 1.79 bits per heavy atom. The molecular weight excluding hydrogens is 499 g/mol. The van der Waals surface area contributed by atoms with E-state index in [1.54, 1.807) is 43.4 Å². The fourth-order valence-corrected chi connectivity index (χ4v) is 3.70. The van der Waals surface area contributed by atoms with Crippen LogP contribution in [0.5, 0.6) is 0 Å². The van der Waals surface area contributed by atoms with Crippen molar-refractivity contribution in [1.29, 1.82) is 5.41 Å². The SMILES string of the molecule is Cn1ccc(-c2cc(C(=O)Nc3cc(CC(=N)/C=C\C(N)=O)nn3-c3ccccc3)ccc2C(F)(F)F)n1. The molecule has 0 spiro atoms. The number of para-hydroxylation sites is 1. The fourth-order valence-electron chi connectivity index (χ4n) is 3.70. The summed E-state index contributed by atoms with van der Waals surface area (Å²) in [5.41, 5.74) is 5.07. The lowest BCUT2D eigenvalue weighted by atomic mass is 10.0. The van der Waals surface area contributed by atoms with E-state index < -0.39 is 23.6 Å². The number of benzene rings is 2. The zero-order chi connectivity index (χ0) is 27.4. The van der Waals surface area contributed by atoms with Gasteiger partial charge >= 0.3 is 6.18 Å². The summed E-state index contributed by atoms with van der Waals surface area (Å²) in [4.78, 5) is 24.1. The summed E-state index contributed by atoms with van der Waals surface area (Å²) in [5, 5.41) is 19.3. The highest BCUT2D eigenvalue weighted by molar-refractivity contribution is 6.05. The lowest BCUT2D eigenvalue weighted by Crippen LogP contribution is -2.16. The van der Waals surface area contributed by atoms with Crippen LogP contribution in [-0.4, -0.2) is 37.1 Å². The number of halogens is 3. The number of rotatable bonds is 8. The molecule has 38 heavy (non-hydrogen) atoms. The molecule has 0 aliphatic heterocycles. The summed E-state index contributed by atoms with van der Waals surface area (Å²) < 4.78 is 43.8. The van der Waals surface area contributed by atoms with Gasteiger partial charge < -0.3 is 16.5 Å². The van der Waals surface area contributed by atoms with E-state index >= 15 is 0 Å². The van der Waals surface area contributed by atoms with Gasteiger partial charge in [0, 0.05) is 48.6 Å². The van der Waals surface area contributed by atoms with Crippen LogP contribution in [0.1, 0.15) is 21.6 Å². The molecule has 4 rings (SSSR count). The molecule has 2 heterocycles. The van der Waals surface area contributed by atoms with Gasteiger partial charge in [-0.1, -0.05) is 18.2 Å². The summed E-state index contributed by atoms with van der Waals surface area (Å²) in [6.45, 7) is 0. The van der Waals surface area contributed by atoms with Gasteiger partial charge in [-0.15, -0.1) is 0 Å².